The van der Waals surface area contributed by atoms with Gasteiger partial charge in [-0.25, -0.2) is 18.4 Å². The largest absolute Gasteiger partial charge is 0.399 e. The van der Waals surface area contributed by atoms with Crippen molar-refractivity contribution in [2.45, 2.75) is 127 Å². The second-order valence-corrected chi connectivity index (χ2v) is 43.5. The lowest BCUT2D eigenvalue weighted by Gasteiger charge is -2.48. The van der Waals surface area contributed by atoms with Crippen LogP contribution in [0.25, 0.3) is 99.0 Å². The number of ketones is 2. The fraction of sp³-hybridized carbons (Fsp3) is 0.288. The zero-order valence-corrected chi connectivity index (χ0v) is 84.3. The summed E-state index contributed by atoms with van der Waals surface area (Å²) < 4.78 is 41.5. The van der Waals surface area contributed by atoms with E-state index >= 15 is 0 Å². The van der Waals surface area contributed by atoms with Crippen molar-refractivity contribution in [3.63, 3.8) is 0 Å². The number of benzene rings is 9. The number of aromatic amines is 2. The first kappa shape index (κ1) is 95.8. The molecule has 13 N–H and O–H groups in total. The maximum Gasteiger partial charge on any atom is 0.211 e. The number of fused-ring (bicyclic) bond motifs is 8. The molecule has 23 nitrogen and oxygen atoms in total. The number of rotatable bonds is 26. The predicted octanol–water partition coefficient (Wildman–Crippen LogP) is 20.8. The number of sulfonamides is 1. The number of carbonyl (C=O) groups is 2. The van der Waals surface area contributed by atoms with E-state index in [2.05, 4.69) is 186 Å². The number of H-pyrrole nitrogens is 2. The van der Waals surface area contributed by atoms with Crippen LogP contribution in [0.3, 0.4) is 0 Å². The number of nitrogen functional groups attached to an aromatic ring is 1. The summed E-state index contributed by atoms with van der Waals surface area (Å²) in [4.78, 5) is 44.4. The lowest BCUT2D eigenvalue weighted by molar-refractivity contribution is -0.124. The predicted molar refractivity (Wildman–Crippen MR) is 590 cm³/mol. The molecule has 30 heteroatoms. The second kappa shape index (κ2) is 42.2. The van der Waals surface area contributed by atoms with Gasteiger partial charge in [0.2, 0.25) is 10.0 Å². The summed E-state index contributed by atoms with van der Waals surface area (Å²) >= 11 is 24.3. The lowest BCUT2D eigenvalue weighted by Crippen LogP contribution is -2.54. The van der Waals surface area contributed by atoms with Gasteiger partial charge < -0.3 is 71.8 Å². The summed E-state index contributed by atoms with van der Waals surface area (Å²) in [6.45, 7) is 7.81. The number of hydrogen-bond donors (Lipinski definition) is 8. The van der Waals surface area contributed by atoms with Crippen molar-refractivity contribution in [2.24, 2.45) is 34.8 Å². The van der Waals surface area contributed by atoms with Crippen LogP contribution in [-0.4, -0.2) is 159 Å². The number of thiocarbonyl (C=S) groups is 4. The van der Waals surface area contributed by atoms with Gasteiger partial charge in [0.15, 0.2) is 16.0 Å². The number of Topliss-reactive ketones (excluding diaryl/α,β-unsaturated/α-hetero) is 2. The highest BCUT2D eigenvalue weighted by Gasteiger charge is 2.45. The first-order valence-electron chi connectivity index (χ1n) is 48.6. The van der Waals surface area contributed by atoms with E-state index in [1.165, 1.54) is 72.3 Å². The van der Waals surface area contributed by atoms with Gasteiger partial charge >= 0.3 is 0 Å². The van der Waals surface area contributed by atoms with E-state index in [-0.39, 0.29) is 29.7 Å². The molecule has 9 aromatic carbocycles. The molecule has 3 unspecified atom stereocenters. The first-order valence-corrected chi connectivity index (χ1v) is 53.8. The maximum atomic E-state index is 13.2. The average molecular weight is 2000 g/mol. The number of nitrogens with zero attached hydrogens (tertiary/aromatic N) is 10. The summed E-state index contributed by atoms with van der Waals surface area (Å²) in [5, 5.41) is 22.4. The van der Waals surface area contributed by atoms with E-state index in [1.807, 2.05) is 133 Å². The minimum Gasteiger partial charge on any atom is -0.399 e. The highest BCUT2D eigenvalue weighted by molar-refractivity contribution is 7.88. The van der Waals surface area contributed by atoms with Gasteiger partial charge in [-0.1, -0.05) is 182 Å². The van der Waals surface area contributed by atoms with Gasteiger partial charge in [0, 0.05) is 279 Å². The van der Waals surface area contributed by atoms with Crippen molar-refractivity contribution in [1.29, 1.82) is 0 Å². The van der Waals surface area contributed by atoms with E-state index in [0.717, 1.165) is 223 Å². The number of aromatic nitrogens is 9. The van der Waals surface area contributed by atoms with Crippen LogP contribution in [0.4, 0.5) is 16.0 Å². The Hall–Kier alpha value is -12.7. The fourth-order valence-corrected chi connectivity index (χ4v) is 24.7. The van der Waals surface area contributed by atoms with Crippen LogP contribution < -0.4 is 43.8 Å². The normalized spacial score (nSPS) is 17.1. The third kappa shape index (κ3) is 21.0. The number of thiazole rings is 2. The van der Waals surface area contributed by atoms with Gasteiger partial charge in [-0.05, 0) is 195 Å². The van der Waals surface area contributed by atoms with Crippen LogP contribution in [0.2, 0.25) is 0 Å². The SMILES string of the molecule is CS(=O)(=O)N1CC2CCC1CC2n1cc(-c2cccc(C(N)=S)c2)c2ccc(N)cc21.NC(=S)c1cccc(-c2cn(C3CCN(c4nccs4)CC3)c3cc(CCC(=O)C4CNC4)ccc23)c1.NC(=S)c1cccc(-c2cn(C3CCN(c4nccs4)CC3)c3cc(CCC(=O)c4c[nH]c5ccccc45)ccc23)c1.NC(=S)c1cccc(-c2cn(C3CCOCC3)c3cc(CCc4ccn[nH]4)ccc23)c1. The van der Waals surface area contributed by atoms with Crippen molar-refractivity contribution < 1.29 is 22.7 Å². The van der Waals surface area contributed by atoms with Gasteiger partial charge in [0.25, 0.3) is 0 Å². The summed E-state index contributed by atoms with van der Waals surface area (Å²) in [6, 6.07) is 70.4. The third-order valence-corrected chi connectivity index (χ3v) is 33.2. The molecule has 7 aliphatic rings. The number of carbonyl (C=O) groups excluding carboxylic acids is 2. The van der Waals surface area contributed by atoms with Gasteiger partial charge in [-0.3, -0.25) is 14.7 Å². The molecule has 3 atom stereocenters. The van der Waals surface area contributed by atoms with Gasteiger partial charge in [-0.2, -0.15) is 9.40 Å². The highest BCUT2D eigenvalue weighted by atomic mass is 32.2. The number of piperidine rings is 4. The van der Waals surface area contributed by atoms with Crippen molar-refractivity contribution in [3.05, 3.63) is 311 Å². The minimum absolute atomic E-state index is 0.0601. The molecule has 6 aliphatic heterocycles. The van der Waals surface area contributed by atoms with Crippen LogP contribution in [0.5, 0.6) is 0 Å². The Labute approximate surface area is 849 Å². The van der Waals surface area contributed by atoms with Crippen molar-refractivity contribution in [3.8, 4) is 44.5 Å². The summed E-state index contributed by atoms with van der Waals surface area (Å²) in [6.07, 6.45) is 31.4. The average Bonchev–Trinajstić information content (AvgIpc) is 1.59. The van der Waals surface area contributed by atoms with E-state index in [9.17, 15) is 18.0 Å². The second-order valence-electron chi connectivity index (χ2n) is 38.0. The Morgan fingerprint density at radius 1 is 0.468 bits per heavy atom. The molecule has 0 radical (unpaired) electrons. The smallest absolute Gasteiger partial charge is 0.211 e. The number of nitrogens with one attached hydrogen (secondary N) is 3. The molecule has 0 spiro atoms. The molecule has 17 aromatic rings. The van der Waals surface area contributed by atoms with Crippen LogP contribution in [-0.2, 0) is 45.2 Å². The Morgan fingerprint density at radius 2 is 0.922 bits per heavy atom. The molecular weight excluding hydrogens is 1890 g/mol. The van der Waals surface area contributed by atoms with E-state index in [0.29, 0.717) is 75.4 Å². The molecule has 0 amide bonds. The molecule has 2 bridgehead atoms. The van der Waals surface area contributed by atoms with Crippen molar-refractivity contribution >= 4 is 184 Å². The van der Waals surface area contributed by atoms with Crippen molar-refractivity contribution in [1.82, 2.24) is 53.0 Å². The number of hydrogen-bond acceptors (Lipinski definition) is 18. The Bertz CT molecular complexity index is 7620. The van der Waals surface area contributed by atoms with Gasteiger partial charge in [0.1, 0.15) is 25.7 Å². The van der Waals surface area contributed by atoms with Crippen LogP contribution in [0.1, 0.15) is 150 Å². The molecule has 8 aromatic heterocycles. The Morgan fingerprint density at radius 3 is 1.35 bits per heavy atom. The molecule has 7 fully saturated rings. The molecule has 14 heterocycles. The number of nitrogens with two attached hydrogens (primary N) is 5. The molecule has 141 heavy (non-hydrogen) atoms. The number of para-hydroxylation sites is 1. The Balaban J connectivity index is 0.000000116. The monoisotopic (exact) mass is 2000 g/mol. The molecule has 1 aliphatic carbocycles. The van der Waals surface area contributed by atoms with Crippen molar-refractivity contribution in [2.75, 3.05) is 80.8 Å². The summed E-state index contributed by atoms with van der Waals surface area (Å²) in [5.41, 5.74) is 54.6. The van der Waals surface area contributed by atoms with Crippen LogP contribution >= 0.6 is 71.5 Å². The van der Waals surface area contributed by atoms with E-state index in [1.54, 1.807) is 27.0 Å². The zero-order chi connectivity index (χ0) is 97.1. The number of aryl methyl sites for hydroxylation is 4. The third-order valence-electron chi connectivity index (χ3n) is 29.3. The topological polar surface area (TPSA) is 319 Å². The highest BCUT2D eigenvalue weighted by Crippen LogP contribution is 2.48. The van der Waals surface area contributed by atoms with E-state index < -0.39 is 10.0 Å². The standard InChI is InChI=1S/C34H31N5OS2.C29H31N5OS2.C25H26N4OS.C23H26N4O2S2/c35-33(41)24-5-3-4-23(19-24)29-21-39(25-12-15-38(16-13-25)34-36-14-17-42-34)31-18-22(8-10-27(29)31)9-11-32(40)28-20-37-30-7-2-1-6-26(28)30;30-28(36)21-3-1-2-20(15-21)25-18-34(23-8-11-33(12-9-23)29-32-10-13-37-29)26-14-19(4-6-24(25)26)5-7-27(35)22-16-31-17-22;26-25(31)19-3-1-2-18(15-19)23-16-29(21-9-12-30-13-10-21)24-14-17(5-7-22(23)24)4-6-20-8-11-27-28-20;1-31(28,29)27-12-16-5-7-18(27)11-21(16)26-13-20(19-8-6-17(24)10-22(19)26)14-3-2-4-15(9-14)23(25)30/h1-8,10,14,17-21,25,37H,9,11-13,15-16H2,(H2,35,41);1-4,6,10,13-15,18,22-23,31H,5,7-9,11-12,16-17H2,(H2,30,36);1-3,5,7-8,11,14-16,21H,4,6,9-10,12-13H2,(H2,26,31)(H,27,28);2-4,6,8-10,13,16,18,21H,5,7,11-12,24H2,1H3,(H2,25,30). The van der Waals surface area contributed by atoms with E-state index in [4.69, 9.17) is 82.3 Å². The zero-order valence-electron chi connectivity index (χ0n) is 78.6. The molecule has 6 saturated heterocycles. The molecule has 1 saturated carbocycles. The number of anilines is 3. The summed E-state index contributed by atoms with van der Waals surface area (Å²) in [7, 11) is -3.18. The van der Waals surface area contributed by atoms with Gasteiger partial charge in [-0.15, -0.1) is 22.7 Å². The fourth-order valence-electron chi connectivity index (χ4n) is 21.6. The lowest BCUT2D eigenvalue weighted by atomic mass is 9.77. The number of ether oxygens (including phenoxy) is 1. The quantitative estimate of drug-likeness (QED) is 0.0142. The summed E-state index contributed by atoms with van der Waals surface area (Å²) in [5.74, 6) is 1.02. The maximum absolute atomic E-state index is 13.2. The van der Waals surface area contributed by atoms with Gasteiger partial charge in [0.05, 0.1) is 11.8 Å². The molecular formula is C111H114N18O5S7. The van der Waals surface area contributed by atoms with Crippen LogP contribution in [0, 0.1) is 11.8 Å². The minimum atomic E-state index is -3.18. The Kier molecular flexibility index (Phi) is 28.7. The molecule has 720 valence electrons. The van der Waals surface area contributed by atoms with Crippen LogP contribution in [0.15, 0.2) is 261 Å². The molecule has 24 rings (SSSR count). The first-order chi connectivity index (χ1) is 68.5.